The Balaban J connectivity index is 1.63. The molecule has 5 nitrogen and oxygen atoms in total. The topological polar surface area (TPSA) is 59.3 Å². The minimum absolute atomic E-state index is 0.495. The maximum atomic E-state index is 11.7. The van der Waals surface area contributed by atoms with Gasteiger partial charge in [-0.2, -0.15) is 5.10 Å². The van der Waals surface area contributed by atoms with Gasteiger partial charge in [-0.15, -0.1) is 0 Å². The number of carbonyl (C=O) groups is 1. The van der Waals surface area contributed by atoms with Crippen LogP contribution in [0.15, 0.2) is 90.1 Å². The molecule has 1 N–H and O–H groups in total. The van der Waals surface area contributed by atoms with Crippen molar-refractivity contribution in [3.8, 4) is 11.3 Å². The standard InChI is InChI=1S/C24H17ClN4O/c25-19-11-12-21-20(13-19)23(17-9-5-2-6-10-17)27-24(26-21)29-14-18(15-30)22(28-29)16-7-3-1-4-8-16/h1-15,24,26H. The predicted octanol–water partition coefficient (Wildman–Crippen LogP) is 5.44. The van der Waals surface area contributed by atoms with Crippen LogP contribution in [-0.2, 0) is 0 Å². The van der Waals surface area contributed by atoms with Gasteiger partial charge in [0.1, 0.15) is 5.69 Å². The number of aldehydes is 1. The van der Waals surface area contributed by atoms with E-state index in [9.17, 15) is 4.79 Å². The van der Waals surface area contributed by atoms with Crippen LogP contribution in [0.25, 0.3) is 11.3 Å². The van der Waals surface area contributed by atoms with Crippen LogP contribution < -0.4 is 5.32 Å². The fraction of sp³-hybridized carbons (Fsp3) is 0.0417. The van der Waals surface area contributed by atoms with Crippen molar-refractivity contribution in [3.63, 3.8) is 0 Å². The van der Waals surface area contributed by atoms with Gasteiger partial charge >= 0.3 is 0 Å². The number of aromatic nitrogens is 2. The molecule has 30 heavy (non-hydrogen) atoms. The molecule has 0 fully saturated rings. The van der Waals surface area contributed by atoms with Gasteiger partial charge in [0.25, 0.3) is 0 Å². The molecule has 0 bridgehead atoms. The number of fused-ring (bicyclic) bond motifs is 1. The number of benzene rings is 3. The molecule has 1 aliphatic heterocycles. The van der Waals surface area contributed by atoms with Crippen molar-refractivity contribution in [2.45, 2.75) is 6.29 Å². The molecule has 0 amide bonds. The molecule has 0 saturated heterocycles. The Hall–Kier alpha value is -3.70. The van der Waals surface area contributed by atoms with E-state index >= 15 is 0 Å². The number of halogens is 1. The predicted molar refractivity (Wildman–Crippen MR) is 119 cm³/mol. The number of rotatable bonds is 4. The quantitative estimate of drug-likeness (QED) is 0.454. The summed E-state index contributed by atoms with van der Waals surface area (Å²) in [6.45, 7) is 0. The fourth-order valence-electron chi connectivity index (χ4n) is 3.59. The van der Waals surface area contributed by atoms with Crippen molar-refractivity contribution in [1.82, 2.24) is 9.78 Å². The monoisotopic (exact) mass is 412 g/mol. The van der Waals surface area contributed by atoms with Crippen molar-refractivity contribution in [2.24, 2.45) is 4.99 Å². The van der Waals surface area contributed by atoms with E-state index in [-0.39, 0.29) is 0 Å². The summed E-state index contributed by atoms with van der Waals surface area (Å²) < 4.78 is 1.69. The smallest absolute Gasteiger partial charge is 0.216 e. The van der Waals surface area contributed by atoms with Crippen LogP contribution in [0.3, 0.4) is 0 Å². The second-order valence-electron chi connectivity index (χ2n) is 6.95. The van der Waals surface area contributed by atoms with E-state index in [1.807, 2.05) is 78.9 Å². The van der Waals surface area contributed by atoms with Crippen molar-refractivity contribution in [2.75, 3.05) is 5.32 Å². The minimum Gasteiger partial charge on any atom is -0.345 e. The first-order chi connectivity index (χ1) is 14.7. The van der Waals surface area contributed by atoms with Crippen molar-refractivity contribution >= 4 is 29.3 Å². The lowest BCUT2D eigenvalue weighted by Gasteiger charge is -2.26. The Morgan fingerprint density at radius 2 is 1.63 bits per heavy atom. The molecule has 0 saturated carbocycles. The number of nitrogens with one attached hydrogen (secondary N) is 1. The molecule has 3 aromatic carbocycles. The van der Waals surface area contributed by atoms with Crippen molar-refractivity contribution in [1.29, 1.82) is 0 Å². The SMILES string of the molecule is O=Cc1cn(C2N=C(c3ccccc3)c3cc(Cl)ccc3N2)nc1-c1ccccc1. The third-order valence-corrected chi connectivity index (χ3v) is 5.24. The van der Waals surface area contributed by atoms with Gasteiger partial charge < -0.3 is 5.32 Å². The largest absolute Gasteiger partial charge is 0.345 e. The fourth-order valence-corrected chi connectivity index (χ4v) is 3.76. The molecule has 1 aliphatic rings. The molecule has 1 atom stereocenters. The first-order valence-corrected chi connectivity index (χ1v) is 9.90. The first-order valence-electron chi connectivity index (χ1n) is 9.52. The highest BCUT2D eigenvalue weighted by Crippen LogP contribution is 2.32. The van der Waals surface area contributed by atoms with Crippen LogP contribution in [0.5, 0.6) is 0 Å². The summed E-state index contributed by atoms with van der Waals surface area (Å²) in [5.41, 5.74) is 5.67. The Morgan fingerprint density at radius 3 is 2.33 bits per heavy atom. The summed E-state index contributed by atoms with van der Waals surface area (Å²) in [5.74, 6) is 0. The van der Waals surface area contributed by atoms with Crippen molar-refractivity contribution < 1.29 is 4.79 Å². The molecule has 1 unspecified atom stereocenters. The average Bonchev–Trinajstić information content (AvgIpc) is 3.24. The zero-order valence-corrected chi connectivity index (χ0v) is 16.6. The molecule has 0 spiro atoms. The summed E-state index contributed by atoms with van der Waals surface area (Å²) >= 11 is 6.25. The van der Waals surface area contributed by atoms with Gasteiger partial charge in [0.2, 0.25) is 6.29 Å². The van der Waals surface area contributed by atoms with E-state index in [1.54, 1.807) is 10.9 Å². The second kappa shape index (κ2) is 7.61. The molecular weight excluding hydrogens is 396 g/mol. The molecule has 0 radical (unpaired) electrons. The van der Waals surface area contributed by atoms with Crippen LogP contribution in [0.2, 0.25) is 5.02 Å². The highest BCUT2D eigenvalue weighted by atomic mass is 35.5. The van der Waals surface area contributed by atoms with E-state index < -0.39 is 6.29 Å². The number of nitrogens with zero attached hydrogens (tertiary/aromatic N) is 3. The van der Waals surface area contributed by atoms with Gasteiger partial charge in [0.05, 0.1) is 11.3 Å². The number of carbonyl (C=O) groups excluding carboxylic acids is 1. The van der Waals surface area contributed by atoms with Crippen LogP contribution in [0.4, 0.5) is 5.69 Å². The lowest BCUT2D eigenvalue weighted by atomic mass is 9.99. The maximum Gasteiger partial charge on any atom is 0.216 e. The van der Waals surface area contributed by atoms with Gasteiger partial charge in [-0.25, -0.2) is 9.67 Å². The van der Waals surface area contributed by atoms with E-state index in [2.05, 4.69) is 10.4 Å². The molecule has 1 aromatic heterocycles. The Bertz CT molecular complexity index is 1250. The van der Waals surface area contributed by atoms with Crippen LogP contribution >= 0.6 is 11.6 Å². The third-order valence-electron chi connectivity index (χ3n) is 5.00. The van der Waals surface area contributed by atoms with E-state index in [1.165, 1.54) is 0 Å². The molecule has 5 rings (SSSR count). The molecular formula is C24H17ClN4O. The zero-order valence-electron chi connectivity index (χ0n) is 15.9. The highest BCUT2D eigenvalue weighted by molar-refractivity contribution is 6.31. The Morgan fingerprint density at radius 1 is 0.933 bits per heavy atom. The van der Waals surface area contributed by atoms with E-state index in [0.717, 1.165) is 34.4 Å². The molecule has 2 heterocycles. The summed E-state index contributed by atoms with van der Waals surface area (Å²) in [4.78, 5) is 16.6. The summed E-state index contributed by atoms with van der Waals surface area (Å²) in [5, 5.41) is 8.72. The van der Waals surface area contributed by atoms with Gasteiger partial charge in [-0.1, -0.05) is 72.3 Å². The number of anilines is 1. The minimum atomic E-state index is -0.495. The van der Waals surface area contributed by atoms with Gasteiger partial charge in [0, 0.05) is 33.6 Å². The number of hydrogen-bond donors (Lipinski definition) is 1. The summed E-state index contributed by atoms with van der Waals surface area (Å²) in [6.07, 6.45) is 2.05. The lowest BCUT2D eigenvalue weighted by Crippen LogP contribution is -2.25. The maximum absolute atomic E-state index is 11.7. The van der Waals surface area contributed by atoms with Gasteiger partial charge in [-0.05, 0) is 18.2 Å². The Kier molecular flexibility index (Phi) is 4.65. The van der Waals surface area contributed by atoms with E-state index in [4.69, 9.17) is 16.6 Å². The third kappa shape index (κ3) is 3.29. The van der Waals surface area contributed by atoms with Gasteiger partial charge in [-0.3, -0.25) is 4.79 Å². The van der Waals surface area contributed by atoms with Crippen LogP contribution in [0, 0.1) is 0 Å². The second-order valence-corrected chi connectivity index (χ2v) is 7.39. The normalized spacial score (nSPS) is 15.1. The number of hydrogen-bond acceptors (Lipinski definition) is 4. The highest BCUT2D eigenvalue weighted by Gasteiger charge is 2.24. The summed E-state index contributed by atoms with van der Waals surface area (Å²) in [6, 6.07) is 25.3. The van der Waals surface area contributed by atoms with Crippen LogP contribution in [-0.4, -0.2) is 21.8 Å². The Labute approximate surface area is 178 Å². The van der Waals surface area contributed by atoms with E-state index in [0.29, 0.717) is 16.3 Å². The summed E-state index contributed by atoms with van der Waals surface area (Å²) in [7, 11) is 0. The molecule has 0 aliphatic carbocycles. The van der Waals surface area contributed by atoms with Crippen molar-refractivity contribution in [3.05, 3.63) is 107 Å². The van der Waals surface area contributed by atoms with Gasteiger partial charge in [0.15, 0.2) is 6.29 Å². The average molecular weight is 413 g/mol. The zero-order chi connectivity index (χ0) is 20.5. The molecule has 146 valence electrons. The molecule has 6 heteroatoms. The first kappa shape index (κ1) is 18.3. The lowest BCUT2D eigenvalue weighted by molar-refractivity contribution is 0.112. The number of aliphatic imine (C=N–C) groups is 1. The van der Waals surface area contributed by atoms with Crippen LogP contribution in [0.1, 0.15) is 27.8 Å². The molecule has 4 aromatic rings.